The van der Waals surface area contributed by atoms with Crippen molar-refractivity contribution in [2.45, 2.75) is 51.3 Å². The second kappa shape index (κ2) is 9.02. The SMILES string of the molecule is Cc1oc(-c2ccc(Cl)cc2)nc1CS(=O)CC(=O)NC1CCC(C)CC1. The molecule has 0 spiro atoms. The molecule has 1 unspecified atom stereocenters. The molecule has 2 aromatic rings. The molecule has 0 saturated heterocycles. The molecule has 1 fully saturated rings. The number of nitrogens with zero attached hydrogens (tertiary/aromatic N) is 1. The maximum atomic E-state index is 12.4. The number of oxazole rings is 1. The lowest BCUT2D eigenvalue weighted by Crippen LogP contribution is -2.39. The summed E-state index contributed by atoms with van der Waals surface area (Å²) in [5, 5.41) is 3.66. The Kier molecular flexibility index (Phi) is 6.71. The van der Waals surface area contributed by atoms with Crippen LogP contribution in [0.2, 0.25) is 5.02 Å². The van der Waals surface area contributed by atoms with Crippen molar-refractivity contribution in [1.82, 2.24) is 10.3 Å². The average Bonchev–Trinajstić information content (AvgIpc) is 2.98. The number of amides is 1. The van der Waals surface area contributed by atoms with Gasteiger partial charge in [0.15, 0.2) is 0 Å². The summed E-state index contributed by atoms with van der Waals surface area (Å²) in [4.78, 5) is 16.6. The lowest BCUT2D eigenvalue weighted by Gasteiger charge is -2.26. The van der Waals surface area contributed by atoms with E-state index in [9.17, 15) is 9.00 Å². The number of hydrogen-bond acceptors (Lipinski definition) is 4. The monoisotopic (exact) mass is 408 g/mol. The van der Waals surface area contributed by atoms with Gasteiger partial charge in [0.2, 0.25) is 11.8 Å². The van der Waals surface area contributed by atoms with Crippen molar-refractivity contribution in [3.05, 3.63) is 40.7 Å². The minimum absolute atomic E-state index is 0.00533. The molecule has 0 bridgehead atoms. The van der Waals surface area contributed by atoms with Crippen LogP contribution in [0.5, 0.6) is 0 Å². The van der Waals surface area contributed by atoms with Gasteiger partial charge in [0.1, 0.15) is 11.5 Å². The van der Waals surface area contributed by atoms with E-state index in [0.717, 1.165) is 37.2 Å². The van der Waals surface area contributed by atoms with Gasteiger partial charge in [-0.15, -0.1) is 0 Å². The van der Waals surface area contributed by atoms with E-state index in [4.69, 9.17) is 16.0 Å². The highest BCUT2D eigenvalue weighted by Gasteiger charge is 2.21. The molecule has 1 aliphatic carbocycles. The normalized spacial score (nSPS) is 21.0. The molecule has 1 heterocycles. The van der Waals surface area contributed by atoms with Crippen molar-refractivity contribution in [2.24, 2.45) is 5.92 Å². The Balaban J connectivity index is 1.54. The van der Waals surface area contributed by atoms with Crippen molar-refractivity contribution >= 4 is 28.3 Å². The first-order valence-corrected chi connectivity index (χ1v) is 11.1. The Morgan fingerprint density at radius 1 is 1.26 bits per heavy atom. The molecule has 0 aliphatic heterocycles. The maximum Gasteiger partial charge on any atom is 0.232 e. The Hall–Kier alpha value is -1.66. The largest absolute Gasteiger partial charge is 0.441 e. The first-order valence-electron chi connectivity index (χ1n) is 9.27. The molecule has 1 aromatic carbocycles. The van der Waals surface area contributed by atoms with Gasteiger partial charge in [-0.1, -0.05) is 18.5 Å². The minimum Gasteiger partial charge on any atom is -0.441 e. The van der Waals surface area contributed by atoms with Crippen LogP contribution in [0.1, 0.15) is 44.1 Å². The molecule has 1 aromatic heterocycles. The number of carbonyl (C=O) groups excluding carboxylic acids is 1. The number of aryl methyl sites for hydroxylation is 1. The van der Waals surface area contributed by atoms with Gasteiger partial charge in [-0.05, 0) is 62.8 Å². The predicted molar refractivity (Wildman–Crippen MR) is 108 cm³/mol. The molecule has 27 heavy (non-hydrogen) atoms. The highest BCUT2D eigenvalue weighted by molar-refractivity contribution is 7.84. The summed E-state index contributed by atoms with van der Waals surface area (Å²) < 4.78 is 18.1. The second-order valence-corrected chi connectivity index (χ2v) is 9.18. The summed E-state index contributed by atoms with van der Waals surface area (Å²) in [6, 6.07) is 7.41. The quantitative estimate of drug-likeness (QED) is 0.775. The number of benzene rings is 1. The van der Waals surface area contributed by atoms with Crippen LogP contribution in [0, 0.1) is 12.8 Å². The molecular weight excluding hydrogens is 384 g/mol. The van der Waals surface area contributed by atoms with Crippen LogP contribution >= 0.6 is 11.6 Å². The smallest absolute Gasteiger partial charge is 0.232 e. The highest BCUT2D eigenvalue weighted by Crippen LogP contribution is 2.25. The van der Waals surface area contributed by atoms with E-state index in [-0.39, 0.29) is 23.5 Å². The predicted octanol–water partition coefficient (Wildman–Crippen LogP) is 4.25. The molecule has 1 amide bonds. The zero-order valence-corrected chi connectivity index (χ0v) is 17.2. The molecule has 7 heteroatoms. The summed E-state index contributed by atoms with van der Waals surface area (Å²) >= 11 is 5.90. The lowest BCUT2D eigenvalue weighted by atomic mass is 9.87. The molecule has 0 radical (unpaired) electrons. The van der Waals surface area contributed by atoms with Crippen molar-refractivity contribution in [3.8, 4) is 11.5 Å². The van der Waals surface area contributed by atoms with Gasteiger partial charge in [0.25, 0.3) is 0 Å². The van der Waals surface area contributed by atoms with E-state index in [0.29, 0.717) is 22.4 Å². The standard InChI is InChI=1S/C20H25ClN2O3S/c1-13-3-9-17(10-4-13)22-19(24)12-27(25)11-18-14(2)26-20(23-18)15-5-7-16(21)8-6-15/h5-8,13,17H,3-4,9-12H2,1-2H3,(H,22,24). The fourth-order valence-corrected chi connectivity index (χ4v) is 4.48. The van der Waals surface area contributed by atoms with Crippen molar-refractivity contribution < 1.29 is 13.4 Å². The Morgan fingerprint density at radius 2 is 1.93 bits per heavy atom. The summed E-state index contributed by atoms with van der Waals surface area (Å²) in [6.07, 6.45) is 4.29. The number of carbonyl (C=O) groups is 1. The Morgan fingerprint density at radius 3 is 2.59 bits per heavy atom. The van der Waals surface area contributed by atoms with Crippen LogP contribution < -0.4 is 5.32 Å². The van der Waals surface area contributed by atoms with Gasteiger partial charge in [0.05, 0.1) is 11.4 Å². The number of aromatic nitrogens is 1. The third-order valence-electron chi connectivity index (χ3n) is 4.95. The van der Waals surface area contributed by atoms with E-state index >= 15 is 0 Å². The van der Waals surface area contributed by atoms with Gasteiger partial charge in [-0.3, -0.25) is 9.00 Å². The highest BCUT2D eigenvalue weighted by atomic mass is 35.5. The Bertz CT molecular complexity index is 811. The van der Waals surface area contributed by atoms with Crippen LogP contribution in [0.25, 0.3) is 11.5 Å². The van der Waals surface area contributed by atoms with Crippen LogP contribution in [0.15, 0.2) is 28.7 Å². The van der Waals surface area contributed by atoms with Gasteiger partial charge in [0, 0.05) is 27.4 Å². The minimum atomic E-state index is -1.33. The molecule has 1 N–H and O–H groups in total. The summed E-state index contributed by atoms with van der Waals surface area (Å²) in [6.45, 7) is 4.04. The molecule has 1 saturated carbocycles. The third-order valence-corrected chi connectivity index (χ3v) is 6.39. The summed E-state index contributed by atoms with van der Waals surface area (Å²) in [7, 11) is -1.33. The first-order chi connectivity index (χ1) is 12.9. The van der Waals surface area contributed by atoms with Crippen LogP contribution in [-0.4, -0.2) is 26.9 Å². The van der Waals surface area contributed by atoms with Crippen LogP contribution in [0.4, 0.5) is 0 Å². The number of rotatable bonds is 6. The average molecular weight is 409 g/mol. The number of hydrogen-bond donors (Lipinski definition) is 1. The third kappa shape index (κ3) is 5.66. The Labute approximate surface area is 167 Å². The molecule has 146 valence electrons. The van der Waals surface area contributed by atoms with Gasteiger partial charge >= 0.3 is 0 Å². The van der Waals surface area contributed by atoms with Crippen molar-refractivity contribution in [3.63, 3.8) is 0 Å². The van der Waals surface area contributed by atoms with Gasteiger partial charge in [-0.25, -0.2) is 4.98 Å². The fraction of sp³-hybridized carbons (Fsp3) is 0.500. The topological polar surface area (TPSA) is 72.2 Å². The fourth-order valence-electron chi connectivity index (χ4n) is 3.30. The molecule has 3 rings (SSSR count). The molecule has 1 aliphatic rings. The van der Waals surface area contributed by atoms with Crippen molar-refractivity contribution in [1.29, 1.82) is 0 Å². The first kappa shape index (κ1) is 20.1. The van der Waals surface area contributed by atoms with E-state index in [1.54, 1.807) is 19.1 Å². The zero-order chi connectivity index (χ0) is 19.4. The van der Waals surface area contributed by atoms with Crippen LogP contribution in [-0.2, 0) is 21.3 Å². The van der Waals surface area contributed by atoms with Gasteiger partial charge < -0.3 is 9.73 Å². The molecule has 5 nitrogen and oxygen atoms in total. The van der Waals surface area contributed by atoms with Gasteiger partial charge in [-0.2, -0.15) is 0 Å². The lowest BCUT2D eigenvalue weighted by molar-refractivity contribution is -0.119. The van der Waals surface area contributed by atoms with Crippen LogP contribution in [0.3, 0.4) is 0 Å². The van der Waals surface area contributed by atoms with Crippen molar-refractivity contribution in [2.75, 3.05) is 5.75 Å². The second-order valence-electron chi connectivity index (χ2n) is 7.28. The number of nitrogens with one attached hydrogen (secondary N) is 1. The summed E-state index contributed by atoms with van der Waals surface area (Å²) in [5.74, 6) is 1.88. The number of halogens is 1. The van der Waals surface area contributed by atoms with E-state index in [1.165, 1.54) is 0 Å². The van der Waals surface area contributed by atoms with E-state index in [2.05, 4.69) is 17.2 Å². The summed E-state index contributed by atoms with van der Waals surface area (Å²) in [5.41, 5.74) is 1.43. The molecular formula is C20H25ClN2O3S. The van der Waals surface area contributed by atoms with E-state index in [1.807, 2.05) is 12.1 Å². The molecule has 1 atom stereocenters. The van der Waals surface area contributed by atoms with E-state index < -0.39 is 10.8 Å². The maximum absolute atomic E-state index is 12.4. The zero-order valence-electron chi connectivity index (χ0n) is 15.7.